The number of hydrogen-bond acceptors (Lipinski definition) is 5. The van der Waals surface area contributed by atoms with Gasteiger partial charge in [0.25, 0.3) is 15.9 Å². The van der Waals surface area contributed by atoms with Gasteiger partial charge in [-0.15, -0.1) is 0 Å². The van der Waals surface area contributed by atoms with Crippen LogP contribution in [0.3, 0.4) is 0 Å². The van der Waals surface area contributed by atoms with Crippen LogP contribution in [0.1, 0.15) is 53.4 Å². The van der Waals surface area contributed by atoms with E-state index in [1.807, 2.05) is 18.6 Å². The number of halogens is 3. The molecule has 33 heavy (non-hydrogen) atoms. The zero-order chi connectivity index (χ0) is 24.4. The van der Waals surface area contributed by atoms with Crippen molar-refractivity contribution in [3.8, 4) is 0 Å². The van der Waals surface area contributed by atoms with Crippen LogP contribution in [-0.4, -0.2) is 19.5 Å². The highest BCUT2D eigenvalue weighted by atomic mass is 32.2. The first-order valence-electron chi connectivity index (χ1n) is 9.99. The maximum atomic E-state index is 13.7. The Morgan fingerprint density at radius 3 is 2.36 bits per heavy atom. The highest BCUT2D eigenvalue weighted by Gasteiger charge is 2.35. The highest BCUT2D eigenvalue weighted by Crippen LogP contribution is 2.37. The lowest BCUT2D eigenvalue weighted by Crippen LogP contribution is -2.18. The van der Waals surface area contributed by atoms with E-state index in [4.69, 9.17) is 4.52 Å². The standard InChI is InChI=1S/C22H22F3N3O4S/c1-4-13(2)15-5-8-17(9-6-15)33(30,31)28-20-10-7-16(11-19(20)22(23,24)25)27-21(29)18-12-26-32-14(18)3/h5-13,28H,4H2,1-3H3,(H,27,29). The largest absolute Gasteiger partial charge is 0.418 e. The second-order valence-corrected chi connectivity index (χ2v) is 9.17. The number of amides is 1. The molecule has 3 rings (SSSR count). The van der Waals surface area contributed by atoms with Crippen molar-refractivity contribution in [2.45, 2.75) is 44.2 Å². The van der Waals surface area contributed by atoms with Gasteiger partial charge in [-0.25, -0.2) is 8.42 Å². The van der Waals surface area contributed by atoms with E-state index in [0.29, 0.717) is 6.07 Å². The molecule has 1 heterocycles. The number of anilines is 2. The van der Waals surface area contributed by atoms with Gasteiger partial charge < -0.3 is 9.84 Å². The smallest absolute Gasteiger partial charge is 0.361 e. The predicted molar refractivity (Wildman–Crippen MR) is 117 cm³/mol. The fraction of sp³-hybridized carbons (Fsp3) is 0.273. The molecular formula is C22H22F3N3O4S. The first kappa shape index (κ1) is 24.3. The molecule has 0 fully saturated rings. The van der Waals surface area contributed by atoms with Crippen LogP contribution in [0.2, 0.25) is 0 Å². The number of aromatic nitrogens is 1. The van der Waals surface area contributed by atoms with Crippen molar-refractivity contribution < 1.29 is 30.9 Å². The molecule has 0 aliphatic carbocycles. The summed E-state index contributed by atoms with van der Waals surface area (Å²) in [7, 11) is -4.28. The number of hydrogen-bond donors (Lipinski definition) is 2. The average molecular weight is 481 g/mol. The van der Waals surface area contributed by atoms with E-state index in [1.54, 1.807) is 12.1 Å². The van der Waals surface area contributed by atoms with Gasteiger partial charge >= 0.3 is 6.18 Å². The van der Waals surface area contributed by atoms with Gasteiger partial charge in [0.05, 0.1) is 22.3 Å². The van der Waals surface area contributed by atoms with Gasteiger partial charge in [0.2, 0.25) is 0 Å². The fourth-order valence-electron chi connectivity index (χ4n) is 3.08. The summed E-state index contributed by atoms with van der Waals surface area (Å²) in [6, 6.07) is 8.76. The van der Waals surface area contributed by atoms with Gasteiger partial charge in [-0.05, 0) is 55.2 Å². The summed E-state index contributed by atoms with van der Waals surface area (Å²) in [5, 5.41) is 5.78. The average Bonchev–Trinajstić information content (AvgIpc) is 3.19. The number of rotatable bonds is 7. The summed E-state index contributed by atoms with van der Waals surface area (Å²) in [5.41, 5.74) is -1.09. The van der Waals surface area contributed by atoms with E-state index in [1.165, 1.54) is 25.1 Å². The number of alkyl halides is 3. The number of sulfonamides is 1. The van der Waals surface area contributed by atoms with Crippen LogP contribution in [0.5, 0.6) is 0 Å². The van der Waals surface area contributed by atoms with Crippen molar-refractivity contribution in [3.05, 3.63) is 71.1 Å². The van der Waals surface area contributed by atoms with E-state index in [-0.39, 0.29) is 27.8 Å². The Hall–Kier alpha value is -3.34. The first-order chi connectivity index (χ1) is 15.4. The molecular weight excluding hydrogens is 459 g/mol. The molecule has 2 N–H and O–H groups in total. The molecule has 1 aromatic heterocycles. The van der Waals surface area contributed by atoms with Crippen LogP contribution in [0.15, 0.2) is 58.1 Å². The molecule has 2 aromatic carbocycles. The van der Waals surface area contributed by atoms with E-state index in [9.17, 15) is 26.4 Å². The highest BCUT2D eigenvalue weighted by molar-refractivity contribution is 7.92. The van der Waals surface area contributed by atoms with Crippen molar-refractivity contribution in [3.63, 3.8) is 0 Å². The Labute approximate surface area is 189 Å². The van der Waals surface area contributed by atoms with Crippen LogP contribution in [0.4, 0.5) is 24.5 Å². The lowest BCUT2D eigenvalue weighted by Gasteiger charge is -2.17. The van der Waals surface area contributed by atoms with Crippen LogP contribution in [-0.2, 0) is 16.2 Å². The zero-order valence-electron chi connectivity index (χ0n) is 18.0. The lowest BCUT2D eigenvalue weighted by molar-refractivity contribution is -0.136. The molecule has 0 bridgehead atoms. The summed E-state index contributed by atoms with van der Waals surface area (Å²) in [4.78, 5) is 12.1. The molecule has 1 unspecified atom stereocenters. The van der Waals surface area contributed by atoms with Gasteiger partial charge in [0.15, 0.2) is 0 Å². The molecule has 176 valence electrons. The third kappa shape index (κ3) is 5.54. The Bertz CT molecular complexity index is 1250. The zero-order valence-corrected chi connectivity index (χ0v) is 18.8. The third-order valence-electron chi connectivity index (χ3n) is 5.19. The van der Waals surface area contributed by atoms with Crippen molar-refractivity contribution in [2.75, 3.05) is 10.0 Å². The minimum Gasteiger partial charge on any atom is -0.361 e. The van der Waals surface area contributed by atoms with Gasteiger partial charge in [0, 0.05) is 5.69 Å². The van der Waals surface area contributed by atoms with Gasteiger partial charge in [-0.2, -0.15) is 13.2 Å². The van der Waals surface area contributed by atoms with Crippen molar-refractivity contribution in [1.82, 2.24) is 5.16 Å². The molecule has 11 heteroatoms. The van der Waals surface area contributed by atoms with Gasteiger partial charge in [-0.3, -0.25) is 9.52 Å². The second kappa shape index (κ2) is 9.26. The predicted octanol–water partition coefficient (Wildman–Crippen LogP) is 5.57. The normalized spacial score (nSPS) is 12.9. The molecule has 3 aromatic rings. The summed E-state index contributed by atoms with van der Waals surface area (Å²) >= 11 is 0. The molecule has 1 amide bonds. The summed E-state index contributed by atoms with van der Waals surface area (Å²) < 4.78 is 73.3. The van der Waals surface area contributed by atoms with Crippen molar-refractivity contribution in [1.29, 1.82) is 0 Å². The number of benzene rings is 2. The molecule has 7 nitrogen and oxygen atoms in total. The quantitative estimate of drug-likeness (QED) is 0.460. The van der Waals surface area contributed by atoms with Crippen molar-refractivity contribution in [2.24, 2.45) is 0 Å². The Balaban J connectivity index is 1.89. The fourth-order valence-corrected chi connectivity index (χ4v) is 4.16. The molecule has 0 aliphatic rings. The summed E-state index contributed by atoms with van der Waals surface area (Å²) in [6.07, 6.45) is -2.88. The number of carbonyl (C=O) groups is 1. The van der Waals surface area contributed by atoms with Crippen LogP contribution in [0, 0.1) is 6.92 Å². The third-order valence-corrected chi connectivity index (χ3v) is 6.58. The van der Waals surface area contributed by atoms with Crippen LogP contribution in [0.25, 0.3) is 0 Å². The van der Waals surface area contributed by atoms with Crippen LogP contribution >= 0.6 is 0 Å². The number of aryl methyl sites for hydroxylation is 1. The number of carbonyl (C=O) groups excluding carboxylic acids is 1. The number of nitrogens with one attached hydrogen (secondary N) is 2. The Morgan fingerprint density at radius 1 is 1.15 bits per heavy atom. The molecule has 0 aliphatic heterocycles. The van der Waals surface area contributed by atoms with E-state index in [2.05, 4.69) is 10.5 Å². The lowest BCUT2D eigenvalue weighted by atomic mass is 9.99. The first-order valence-corrected chi connectivity index (χ1v) is 11.5. The van der Waals surface area contributed by atoms with Crippen molar-refractivity contribution >= 4 is 27.3 Å². The molecule has 0 saturated heterocycles. The topological polar surface area (TPSA) is 101 Å². The monoisotopic (exact) mass is 481 g/mol. The molecule has 0 saturated carbocycles. The minimum atomic E-state index is -4.88. The molecule has 0 radical (unpaired) electrons. The van der Waals surface area contributed by atoms with E-state index >= 15 is 0 Å². The summed E-state index contributed by atoms with van der Waals surface area (Å²) in [6.45, 7) is 5.47. The minimum absolute atomic E-state index is 0.0641. The maximum Gasteiger partial charge on any atom is 0.418 e. The number of nitrogens with zero attached hydrogens (tertiary/aromatic N) is 1. The molecule has 1 atom stereocenters. The maximum absolute atomic E-state index is 13.7. The second-order valence-electron chi connectivity index (χ2n) is 7.49. The van der Waals surface area contributed by atoms with Gasteiger partial charge in [-0.1, -0.05) is 31.1 Å². The Kier molecular flexibility index (Phi) is 6.82. The van der Waals surface area contributed by atoms with Crippen LogP contribution < -0.4 is 10.0 Å². The van der Waals surface area contributed by atoms with E-state index < -0.39 is 33.4 Å². The SMILES string of the molecule is CCC(C)c1ccc(S(=O)(=O)Nc2ccc(NC(=O)c3cnoc3C)cc2C(F)(F)F)cc1. The van der Waals surface area contributed by atoms with Gasteiger partial charge in [0.1, 0.15) is 11.3 Å². The molecule has 0 spiro atoms. The van der Waals surface area contributed by atoms with E-state index in [0.717, 1.165) is 24.2 Å². The summed E-state index contributed by atoms with van der Waals surface area (Å²) in [5.74, 6) is -0.292. The Morgan fingerprint density at radius 2 is 1.82 bits per heavy atom.